The molecule has 0 heterocycles. The highest BCUT2D eigenvalue weighted by Gasteiger charge is 2.18. The van der Waals surface area contributed by atoms with Gasteiger partial charge in [0.25, 0.3) is 5.91 Å². The van der Waals surface area contributed by atoms with Crippen LogP contribution in [0.5, 0.6) is 5.75 Å². The maximum absolute atomic E-state index is 12.5. The molecule has 5 nitrogen and oxygen atoms in total. The Labute approximate surface area is 136 Å². The normalized spacial score (nSPS) is 12.5. The Bertz CT molecular complexity index is 801. The Morgan fingerprint density at radius 3 is 2.39 bits per heavy atom. The van der Waals surface area contributed by atoms with E-state index in [1.165, 1.54) is 6.07 Å². The smallest absolute Gasteiger partial charge is 0.306 e. The number of nitrogens with one attached hydrogen (secondary N) is 1. The highest BCUT2D eigenvalue weighted by atomic mass is 32.2. The molecule has 0 saturated carbocycles. The molecule has 0 radical (unpaired) electrons. The lowest BCUT2D eigenvalue weighted by atomic mass is 10.1. The number of amides is 1. The summed E-state index contributed by atoms with van der Waals surface area (Å²) in [5.41, 5.74) is 1.99. The third-order valence-corrected chi connectivity index (χ3v) is 3.75. The predicted octanol–water partition coefficient (Wildman–Crippen LogP) is 2.82. The molecule has 0 spiro atoms. The number of carbonyl (C=O) groups excluding carboxylic acids is 1. The van der Waals surface area contributed by atoms with Crippen LogP contribution < -0.4 is 9.50 Å². The number of rotatable bonds is 5. The Kier molecular flexibility index (Phi) is 5.05. The van der Waals surface area contributed by atoms with Crippen molar-refractivity contribution in [3.8, 4) is 5.75 Å². The van der Waals surface area contributed by atoms with E-state index in [2.05, 4.69) is 5.32 Å². The molecule has 122 valence electrons. The van der Waals surface area contributed by atoms with Crippen molar-refractivity contribution >= 4 is 16.0 Å². The second-order valence-electron chi connectivity index (χ2n) is 5.39. The van der Waals surface area contributed by atoms with Crippen molar-refractivity contribution in [2.75, 3.05) is 6.26 Å². The number of benzene rings is 2. The Balaban J connectivity index is 2.26. The first-order valence-electron chi connectivity index (χ1n) is 7.12. The molecule has 6 heteroatoms. The van der Waals surface area contributed by atoms with Crippen LogP contribution in [0.1, 0.15) is 34.5 Å². The van der Waals surface area contributed by atoms with Gasteiger partial charge in [0, 0.05) is 0 Å². The van der Waals surface area contributed by atoms with E-state index in [-0.39, 0.29) is 23.3 Å². The van der Waals surface area contributed by atoms with Crippen LogP contribution in [0.2, 0.25) is 0 Å². The van der Waals surface area contributed by atoms with Crippen LogP contribution in [0.4, 0.5) is 0 Å². The van der Waals surface area contributed by atoms with Gasteiger partial charge in [0.1, 0.15) is 0 Å². The van der Waals surface area contributed by atoms with Crippen LogP contribution in [0.3, 0.4) is 0 Å². The lowest BCUT2D eigenvalue weighted by Crippen LogP contribution is -2.27. The van der Waals surface area contributed by atoms with Crippen molar-refractivity contribution in [2.45, 2.75) is 19.9 Å². The van der Waals surface area contributed by atoms with Gasteiger partial charge in [0.15, 0.2) is 5.75 Å². The summed E-state index contributed by atoms with van der Waals surface area (Å²) >= 11 is 0. The minimum atomic E-state index is -3.71. The van der Waals surface area contributed by atoms with Crippen LogP contribution in [-0.4, -0.2) is 20.6 Å². The van der Waals surface area contributed by atoms with Gasteiger partial charge in [-0.2, -0.15) is 8.42 Å². The highest BCUT2D eigenvalue weighted by Crippen LogP contribution is 2.23. The number of hydrogen-bond donors (Lipinski definition) is 1. The highest BCUT2D eigenvalue weighted by molar-refractivity contribution is 7.86. The lowest BCUT2D eigenvalue weighted by molar-refractivity contribution is 0.0938. The maximum atomic E-state index is 12.5. The van der Waals surface area contributed by atoms with E-state index in [0.717, 1.165) is 17.4 Å². The quantitative estimate of drug-likeness (QED) is 0.854. The van der Waals surface area contributed by atoms with Crippen molar-refractivity contribution in [1.29, 1.82) is 0 Å². The van der Waals surface area contributed by atoms with Gasteiger partial charge in [0.2, 0.25) is 0 Å². The van der Waals surface area contributed by atoms with Gasteiger partial charge in [-0.15, -0.1) is 0 Å². The molecular weight excluding hydrogens is 314 g/mol. The second kappa shape index (κ2) is 6.83. The van der Waals surface area contributed by atoms with E-state index in [1.54, 1.807) is 12.1 Å². The van der Waals surface area contributed by atoms with Gasteiger partial charge in [0.05, 0.1) is 17.9 Å². The van der Waals surface area contributed by atoms with E-state index >= 15 is 0 Å². The first kappa shape index (κ1) is 17.0. The van der Waals surface area contributed by atoms with Gasteiger partial charge in [-0.3, -0.25) is 4.79 Å². The predicted molar refractivity (Wildman–Crippen MR) is 89.0 cm³/mol. The molecule has 0 bridgehead atoms. The van der Waals surface area contributed by atoms with Crippen LogP contribution >= 0.6 is 0 Å². The summed E-state index contributed by atoms with van der Waals surface area (Å²) < 4.78 is 27.6. The zero-order chi connectivity index (χ0) is 17.0. The van der Waals surface area contributed by atoms with Crippen molar-refractivity contribution in [3.05, 3.63) is 65.2 Å². The molecule has 0 aliphatic heterocycles. The van der Waals surface area contributed by atoms with Crippen LogP contribution in [0.25, 0.3) is 0 Å². The molecule has 0 fully saturated rings. The van der Waals surface area contributed by atoms with Crippen LogP contribution in [0.15, 0.2) is 48.5 Å². The third kappa shape index (κ3) is 4.82. The summed E-state index contributed by atoms with van der Waals surface area (Å²) in [4.78, 5) is 12.5. The van der Waals surface area contributed by atoms with Gasteiger partial charge in [-0.25, -0.2) is 0 Å². The van der Waals surface area contributed by atoms with Gasteiger partial charge in [-0.05, 0) is 31.5 Å². The first-order chi connectivity index (χ1) is 10.8. The molecule has 0 saturated heterocycles. The number of hydrogen-bond acceptors (Lipinski definition) is 4. The molecule has 1 amide bonds. The average molecular weight is 333 g/mol. The van der Waals surface area contributed by atoms with Crippen molar-refractivity contribution in [3.63, 3.8) is 0 Å². The fraction of sp³-hybridized carbons (Fsp3) is 0.235. The molecule has 0 unspecified atom stereocenters. The molecule has 1 N–H and O–H groups in total. The summed E-state index contributed by atoms with van der Waals surface area (Å²) in [7, 11) is -3.71. The SMILES string of the molecule is Cc1ccc(OS(C)(=O)=O)c(C(=O)N[C@H](C)c2ccccc2)c1. The Morgan fingerprint density at radius 1 is 1.13 bits per heavy atom. The first-order valence-corrected chi connectivity index (χ1v) is 8.94. The average Bonchev–Trinajstić information content (AvgIpc) is 2.48. The Hall–Kier alpha value is -2.34. The number of aryl methyl sites for hydroxylation is 1. The summed E-state index contributed by atoms with van der Waals surface area (Å²) in [6.07, 6.45) is 0.946. The van der Waals surface area contributed by atoms with E-state index in [9.17, 15) is 13.2 Å². The zero-order valence-electron chi connectivity index (χ0n) is 13.2. The van der Waals surface area contributed by atoms with Crippen molar-refractivity contribution in [2.24, 2.45) is 0 Å². The van der Waals surface area contributed by atoms with Gasteiger partial charge >= 0.3 is 10.1 Å². The molecule has 0 aliphatic carbocycles. The van der Waals surface area contributed by atoms with E-state index < -0.39 is 10.1 Å². The van der Waals surface area contributed by atoms with E-state index in [1.807, 2.05) is 44.2 Å². The minimum Gasteiger partial charge on any atom is -0.382 e. The second-order valence-corrected chi connectivity index (χ2v) is 6.97. The van der Waals surface area contributed by atoms with Gasteiger partial charge < -0.3 is 9.50 Å². The standard InChI is InChI=1S/C17H19NO4S/c1-12-9-10-16(22-23(3,20)21)15(11-12)17(19)18-13(2)14-7-5-4-6-8-14/h4-11,13H,1-3H3,(H,18,19)/t13-/m1/s1. The third-order valence-electron chi connectivity index (χ3n) is 3.27. The van der Waals surface area contributed by atoms with Crippen molar-refractivity contribution < 1.29 is 17.4 Å². The van der Waals surface area contributed by atoms with Crippen LogP contribution in [-0.2, 0) is 10.1 Å². The molecule has 2 rings (SSSR count). The summed E-state index contributed by atoms with van der Waals surface area (Å²) in [6, 6.07) is 14.1. The van der Waals surface area contributed by atoms with Gasteiger partial charge in [-0.1, -0.05) is 42.0 Å². The monoisotopic (exact) mass is 333 g/mol. The molecule has 0 aromatic heterocycles. The minimum absolute atomic E-state index is 0.0239. The zero-order valence-corrected chi connectivity index (χ0v) is 14.1. The van der Waals surface area contributed by atoms with E-state index in [4.69, 9.17) is 4.18 Å². The molecule has 23 heavy (non-hydrogen) atoms. The molecule has 2 aromatic rings. The summed E-state index contributed by atoms with van der Waals surface area (Å²) in [5, 5.41) is 2.85. The summed E-state index contributed by atoms with van der Waals surface area (Å²) in [6.45, 7) is 3.68. The topological polar surface area (TPSA) is 72.5 Å². The van der Waals surface area contributed by atoms with E-state index in [0.29, 0.717) is 0 Å². The fourth-order valence-corrected chi connectivity index (χ4v) is 2.63. The van der Waals surface area contributed by atoms with Crippen LogP contribution in [0, 0.1) is 6.92 Å². The molecule has 0 aliphatic rings. The molecular formula is C17H19NO4S. The summed E-state index contributed by atoms with van der Waals surface area (Å²) in [5.74, 6) is -0.362. The number of carbonyl (C=O) groups is 1. The van der Waals surface area contributed by atoms with Crippen molar-refractivity contribution in [1.82, 2.24) is 5.32 Å². The maximum Gasteiger partial charge on any atom is 0.306 e. The molecule has 2 aromatic carbocycles. The molecule has 1 atom stereocenters. The lowest BCUT2D eigenvalue weighted by Gasteiger charge is -2.16. The largest absolute Gasteiger partial charge is 0.382 e. The Morgan fingerprint density at radius 2 is 1.78 bits per heavy atom. The fourth-order valence-electron chi connectivity index (χ4n) is 2.16.